The third-order valence-corrected chi connectivity index (χ3v) is 4.19. The fourth-order valence-electron chi connectivity index (χ4n) is 2.15. The van der Waals surface area contributed by atoms with Gasteiger partial charge in [-0.05, 0) is 24.7 Å². The summed E-state index contributed by atoms with van der Waals surface area (Å²) < 4.78 is 53.4. The van der Waals surface area contributed by atoms with Gasteiger partial charge in [-0.15, -0.1) is 0 Å². The van der Waals surface area contributed by atoms with Gasteiger partial charge >= 0.3 is 0 Å². The summed E-state index contributed by atoms with van der Waals surface area (Å²) in [6.07, 6.45) is 5.72. The zero-order valence-electron chi connectivity index (χ0n) is 10.7. The van der Waals surface area contributed by atoms with Gasteiger partial charge in [0, 0.05) is 0 Å². The molecule has 1 saturated carbocycles. The summed E-state index contributed by atoms with van der Waals surface area (Å²) in [6.45, 7) is 0.216. The molecule has 0 bridgehead atoms. The van der Waals surface area contributed by atoms with Gasteiger partial charge in [0.15, 0.2) is 0 Å². The van der Waals surface area contributed by atoms with E-state index in [-0.39, 0.29) is 25.0 Å². The molecule has 1 fully saturated rings. The number of rotatable bonds is 6. The van der Waals surface area contributed by atoms with Crippen molar-refractivity contribution in [1.82, 2.24) is 0 Å². The first-order valence-electron chi connectivity index (χ1n) is 5.86. The minimum absolute atomic E-state index is 0.0372. The van der Waals surface area contributed by atoms with Crippen molar-refractivity contribution < 1.29 is 25.2 Å². The Balaban J connectivity index is 2.52. The average Bonchev–Trinajstić information content (AvgIpc) is 2.22. The second-order valence-electron chi connectivity index (χ2n) is 4.78. The van der Waals surface area contributed by atoms with Gasteiger partial charge in [-0.2, -0.15) is 16.8 Å². The van der Waals surface area contributed by atoms with Crippen LogP contribution in [0.25, 0.3) is 0 Å². The van der Waals surface area contributed by atoms with Gasteiger partial charge in [0.25, 0.3) is 20.2 Å². The molecule has 1 rings (SSSR count). The van der Waals surface area contributed by atoms with Crippen LogP contribution in [0.2, 0.25) is 0 Å². The SMILES string of the molecule is CS(=O)(=O)OC[C@@H]1CCCC[C@H]1COS(C)(=O)=O. The third-order valence-electron chi connectivity index (χ3n) is 3.06. The standard InChI is InChI=1S/C10H20O6S2/c1-17(11,12)15-7-9-5-3-4-6-10(9)8-16-18(2,13)14/h9-10H,3-8H2,1-2H3/t9-,10-/m0/s1. The Morgan fingerprint density at radius 3 is 1.44 bits per heavy atom. The Morgan fingerprint density at radius 2 is 1.17 bits per heavy atom. The molecule has 18 heavy (non-hydrogen) atoms. The minimum Gasteiger partial charge on any atom is -0.270 e. The molecule has 1 aliphatic rings. The monoisotopic (exact) mass is 300 g/mol. The Morgan fingerprint density at radius 1 is 0.833 bits per heavy atom. The van der Waals surface area contributed by atoms with Crippen LogP contribution in [0.3, 0.4) is 0 Å². The van der Waals surface area contributed by atoms with E-state index in [1.165, 1.54) is 0 Å². The van der Waals surface area contributed by atoms with Crippen LogP contribution in [-0.2, 0) is 28.6 Å². The van der Waals surface area contributed by atoms with Crippen LogP contribution in [-0.4, -0.2) is 42.6 Å². The smallest absolute Gasteiger partial charge is 0.264 e. The Kier molecular flexibility index (Phi) is 5.57. The lowest BCUT2D eigenvalue weighted by molar-refractivity contribution is 0.111. The van der Waals surface area contributed by atoms with E-state index < -0.39 is 20.2 Å². The van der Waals surface area contributed by atoms with Gasteiger partial charge in [-0.25, -0.2) is 0 Å². The quantitative estimate of drug-likeness (QED) is 0.673. The fraction of sp³-hybridized carbons (Fsp3) is 1.00. The van der Waals surface area contributed by atoms with E-state index in [4.69, 9.17) is 8.37 Å². The molecular formula is C10H20O6S2. The van der Waals surface area contributed by atoms with Crippen LogP contribution >= 0.6 is 0 Å². The highest BCUT2D eigenvalue weighted by Gasteiger charge is 2.27. The van der Waals surface area contributed by atoms with E-state index in [0.29, 0.717) is 0 Å². The van der Waals surface area contributed by atoms with Crippen LogP contribution < -0.4 is 0 Å². The molecule has 0 radical (unpaired) electrons. The summed E-state index contributed by atoms with van der Waals surface area (Å²) in [4.78, 5) is 0. The van der Waals surface area contributed by atoms with Gasteiger partial charge in [0.2, 0.25) is 0 Å². The minimum atomic E-state index is -3.45. The predicted molar refractivity (Wildman–Crippen MR) is 67.0 cm³/mol. The summed E-state index contributed by atoms with van der Waals surface area (Å²) in [5, 5.41) is 0. The normalized spacial score (nSPS) is 26.1. The lowest BCUT2D eigenvalue weighted by Crippen LogP contribution is -2.29. The lowest BCUT2D eigenvalue weighted by atomic mass is 9.80. The van der Waals surface area contributed by atoms with Crippen LogP contribution in [0.15, 0.2) is 0 Å². The maximum atomic E-state index is 10.9. The molecule has 0 spiro atoms. The zero-order valence-corrected chi connectivity index (χ0v) is 12.3. The van der Waals surface area contributed by atoms with E-state index in [1.807, 2.05) is 0 Å². The highest BCUT2D eigenvalue weighted by Crippen LogP contribution is 2.31. The summed E-state index contributed by atoms with van der Waals surface area (Å²) in [5.41, 5.74) is 0. The van der Waals surface area contributed by atoms with Crippen molar-refractivity contribution in [2.24, 2.45) is 11.8 Å². The molecule has 1 aliphatic carbocycles. The maximum absolute atomic E-state index is 10.9. The first kappa shape index (κ1) is 15.9. The topological polar surface area (TPSA) is 86.7 Å². The molecule has 0 aromatic carbocycles. The van der Waals surface area contributed by atoms with Gasteiger partial charge in [-0.3, -0.25) is 8.37 Å². The van der Waals surface area contributed by atoms with E-state index in [1.54, 1.807) is 0 Å². The first-order valence-corrected chi connectivity index (χ1v) is 9.49. The van der Waals surface area contributed by atoms with Crippen molar-refractivity contribution in [2.75, 3.05) is 25.7 Å². The molecule has 108 valence electrons. The summed E-state index contributed by atoms with van der Waals surface area (Å²) in [6, 6.07) is 0. The van der Waals surface area contributed by atoms with E-state index in [2.05, 4.69) is 0 Å². The first-order chi connectivity index (χ1) is 8.17. The summed E-state index contributed by atoms with van der Waals surface area (Å²) >= 11 is 0. The van der Waals surface area contributed by atoms with Crippen molar-refractivity contribution in [3.8, 4) is 0 Å². The van der Waals surface area contributed by atoms with Crippen molar-refractivity contribution in [3.63, 3.8) is 0 Å². The highest BCUT2D eigenvalue weighted by molar-refractivity contribution is 7.86. The van der Waals surface area contributed by atoms with Crippen LogP contribution in [0, 0.1) is 11.8 Å². The van der Waals surface area contributed by atoms with Crippen molar-refractivity contribution in [1.29, 1.82) is 0 Å². The predicted octanol–water partition coefficient (Wildman–Crippen LogP) is 0.745. The third kappa shape index (κ3) is 6.67. The lowest BCUT2D eigenvalue weighted by Gasteiger charge is -2.30. The molecule has 0 unspecified atom stereocenters. The van der Waals surface area contributed by atoms with Crippen molar-refractivity contribution in [2.45, 2.75) is 25.7 Å². The number of hydrogen-bond acceptors (Lipinski definition) is 6. The van der Waals surface area contributed by atoms with Crippen molar-refractivity contribution in [3.05, 3.63) is 0 Å². The van der Waals surface area contributed by atoms with E-state index >= 15 is 0 Å². The molecule has 0 saturated heterocycles. The fourth-order valence-corrected chi connectivity index (χ4v) is 2.99. The molecule has 2 atom stereocenters. The van der Waals surface area contributed by atoms with Crippen molar-refractivity contribution >= 4 is 20.2 Å². The van der Waals surface area contributed by atoms with Gasteiger partial charge < -0.3 is 0 Å². The maximum Gasteiger partial charge on any atom is 0.264 e. The Bertz CT molecular complexity index is 409. The highest BCUT2D eigenvalue weighted by atomic mass is 32.2. The van der Waals surface area contributed by atoms with Crippen LogP contribution in [0.4, 0.5) is 0 Å². The van der Waals surface area contributed by atoms with E-state index in [9.17, 15) is 16.8 Å². The molecule has 0 N–H and O–H groups in total. The molecule has 0 aromatic heterocycles. The van der Waals surface area contributed by atoms with Gasteiger partial charge in [0.05, 0.1) is 25.7 Å². The molecule has 0 aromatic rings. The van der Waals surface area contributed by atoms with E-state index in [0.717, 1.165) is 38.2 Å². The Hall–Kier alpha value is -0.180. The van der Waals surface area contributed by atoms with Gasteiger partial charge in [-0.1, -0.05) is 12.8 Å². The molecular weight excluding hydrogens is 280 g/mol. The Labute approximate surface area is 109 Å². The average molecular weight is 300 g/mol. The van der Waals surface area contributed by atoms with Crippen LogP contribution in [0.1, 0.15) is 25.7 Å². The second kappa shape index (κ2) is 6.31. The molecule has 0 amide bonds. The summed E-state index contributed by atoms with van der Waals surface area (Å²) in [5.74, 6) is 0.0745. The zero-order chi connectivity index (χ0) is 13.8. The molecule has 0 heterocycles. The van der Waals surface area contributed by atoms with Gasteiger partial charge in [0.1, 0.15) is 0 Å². The molecule has 6 nitrogen and oxygen atoms in total. The molecule has 8 heteroatoms. The number of hydrogen-bond donors (Lipinski definition) is 0. The summed E-state index contributed by atoms with van der Waals surface area (Å²) in [7, 11) is -6.90. The largest absolute Gasteiger partial charge is 0.270 e. The molecule has 0 aliphatic heterocycles. The van der Waals surface area contributed by atoms with Crippen LogP contribution in [0.5, 0.6) is 0 Å². The second-order valence-corrected chi connectivity index (χ2v) is 8.07.